The summed E-state index contributed by atoms with van der Waals surface area (Å²) in [6.07, 6.45) is 8.12. The fraction of sp³-hybridized carbons (Fsp3) is 0.179. The largest absolute Gasteiger partial charge is 0.355 e. The summed E-state index contributed by atoms with van der Waals surface area (Å²) in [6, 6.07) is 55.1. The molecule has 0 radical (unpaired) electrons. The first-order valence-electron chi connectivity index (χ1n) is 21.4. The number of aryl methyl sites for hydroxylation is 3. The average molecular weight is 761 g/mol. The molecular weight excluding hydrogens is 711 g/mol. The van der Waals surface area contributed by atoms with Gasteiger partial charge in [-0.3, -0.25) is 0 Å². The number of hydrogen-bond acceptors (Lipinski definition) is 2. The van der Waals surface area contributed by atoms with E-state index < -0.39 is 0 Å². The first kappa shape index (κ1) is 35.8. The molecule has 0 aromatic heterocycles. The molecule has 7 aromatic rings. The highest BCUT2D eigenvalue weighted by Gasteiger charge is 2.50. The van der Waals surface area contributed by atoms with Crippen molar-refractivity contribution >= 4 is 52.2 Å². The van der Waals surface area contributed by atoms with Crippen molar-refractivity contribution in [2.24, 2.45) is 0 Å². The molecule has 11 rings (SSSR count). The second kappa shape index (κ2) is 13.4. The maximum absolute atomic E-state index is 4.14. The van der Waals surface area contributed by atoms with Gasteiger partial charge in [0.15, 0.2) is 7.28 Å². The number of para-hydroxylation sites is 3. The highest BCUT2D eigenvalue weighted by atomic mass is 15.1. The highest BCUT2D eigenvalue weighted by Crippen LogP contribution is 2.60. The molecule has 1 N–H and O–H groups in total. The molecule has 2 heterocycles. The molecule has 59 heavy (non-hydrogen) atoms. The first-order chi connectivity index (χ1) is 28.7. The summed E-state index contributed by atoms with van der Waals surface area (Å²) in [5.41, 5.74) is 26.0. The van der Waals surface area contributed by atoms with E-state index in [1.54, 1.807) is 0 Å². The highest BCUT2D eigenvalue weighted by molar-refractivity contribution is 6.73. The Morgan fingerprint density at radius 1 is 0.610 bits per heavy atom. The minimum Gasteiger partial charge on any atom is -0.355 e. The molecule has 1 unspecified atom stereocenters. The van der Waals surface area contributed by atoms with Gasteiger partial charge in [-0.15, -0.1) is 0 Å². The van der Waals surface area contributed by atoms with Gasteiger partial charge in [0.1, 0.15) is 0 Å². The van der Waals surface area contributed by atoms with Crippen LogP contribution in [0.15, 0.2) is 163 Å². The summed E-state index contributed by atoms with van der Waals surface area (Å²) in [5, 5.41) is 4.14. The molecule has 0 bridgehead atoms. The van der Waals surface area contributed by atoms with Crippen LogP contribution in [0, 0.1) is 20.8 Å². The van der Waals surface area contributed by atoms with E-state index in [0.717, 1.165) is 26.5 Å². The zero-order valence-corrected chi connectivity index (χ0v) is 34.8. The third kappa shape index (κ3) is 5.33. The number of nitrogens with one attached hydrogen (secondary N) is 1. The summed E-state index contributed by atoms with van der Waals surface area (Å²) in [7, 11) is 0.840. The van der Waals surface area contributed by atoms with Crippen LogP contribution < -0.4 is 21.1 Å². The van der Waals surface area contributed by atoms with Gasteiger partial charge in [-0.25, -0.2) is 0 Å². The Labute approximate surface area is 350 Å². The lowest BCUT2D eigenvalue weighted by Crippen LogP contribution is -2.42. The van der Waals surface area contributed by atoms with Crippen LogP contribution >= 0.6 is 0 Å². The molecule has 4 aliphatic rings. The van der Waals surface area contributed by atoms with Crippen molar-refractivity contribution in [3.63, 3.8) is 0 Å². The van der Waals surface area contributed by atoms with Gasteiger partial charge in [-0.1, -0.05) is 147 Å². The molecular formula is C56H49BN2. The van der Waals surface area contributed by atoms with Gasteiger partial charge in [0.25, 0.3) is 0 Å². The summed E-state index contributed by atoms with van der Waals surface area (Å²) < 4.78 is 0. The molecule has 2 aliphatic carbocycles. The van der Waals surface area contributed by atoms with Crippen LogP contribution in [0.25, 0.3) is 16.7 Å². The Bertz CT molecular complexity index is 2930. The van der Waals surface area contributed by atoms with E-state index in [2.05, 4.69) is 203 Å². The molecule has 1 spiro atoms. The van der Waals surface area contributed by atoms with Gasteiger partial charge in [0.2, 0.25) is 0 Å². The normalized spacial score (nSPS) is 17.2. The van der Waals surface area contributed by atoms with Gasteiger partial charge < -0.3 is 10.2 Å². The molecule has 0 saturated heterocycles. The third-order valence-corrected chi connectivity index (χ3v) is 14.0. The zero-order chi connectivity index (χ0) is 40.0. The third-order valence-electron chi connectivity index (χ3n) is 14.0. The Morgan fingerprint density at radius 3 is 2.20 bits per heavy atom. The van der Waals surface area contributed by atoms with Crippen LogP contribution in [-0.2, 0) is 17.3 Å². The Balaban J connectivity index is 1.17. The van der Waals surface area contributed by atoms with Gasteiger partial charge >= 0.3 is 0 Å². The van der Waals surface area contributed by atoms with Crippen molar-refractivity contribution in [2.75, 3.05) is 10.2 Å². The SMILES string of the molecule is Cc1cc(-c2cccc3c2Nc2ccccc2CC32C3=CCCC=C3c3ccccc32)c2c(c1)N(c1ccccc1)c1cc(C)c(C(C)(C)c3ccccc3C)cc1B2. The summed E-state index contributed by atoms with van der Waals surface area (Å²) in [5.74, 6) is 0. The van der Waals surface area contributed by atoms with Crippen molar-refractivity contribution in [1.29, 1.82) is 0 Å². The molecule has 2 aliphatic heterocycles. The standard InChI is InChI=1S/C56H49BN2/c1-35-30-43(42-24-17-28-47-54(42)58-50-29-16-10-19-38(50)34-56(47)45-26-14-11-22-40(45)41-23-12-15-27-46(41)56)53-52(31-35)59(39-20-7-6-8-21-39)51-32-37(3)48(33-49(51)57-53)55(4,5)44-25-13-9-18-36(44)2/h6-11,13-14,16-33,57-58H,12,15,34H2,1-5H3. The number of rotatable bonds is 4. The second-order valence-corrected chi connectivity index (χ2v) is 17.8. The smallest absolute Gasteiger partial charge is 0.198 e. The second-order valence-electron chi connectivity index (χ2n) is 17.8. The van der Waals surface area contributed by atoms with Crippen LogP contribution in [0.3, 0.4) is 0 Å². The molecule has 3 heteroatoms. The number of hydrogen-bond donors (Lipinski definition) is 1. The van der Waals surface area contributed by atoms with E-state index in [4.69, 9.17) is 0 Å². The number of nitrogens with zero attached hydrogens (tertiary/aromatic N) is 1. The summed E-state index contributed by atoms with van der Waals surface area (Å²) >= 11 is 0. The number of allylic oxidation sites excluding steroid dienone is 4. The lowest BCUT2D eigenvalue weighted by atomic mass is 9.56. The van der Waals surface area contributed by atoms with Crippen molar-refractivity contribution in [3.05, 3.63) is 213 Å². The van der Waals surface area contributed by atoms with E-state index in [1.807, 2.05) is 0 Å². The zero-order valence-electron chi connectivity index (χ0n) is 34.8. The minimum absolute atomic E-state index is 0.167. The van der Waals surface area contributed by atoms with E-state index in [9.17, 15) is 0 Å². The fourth-order valence-corrected chi connectivity index (χ4v) is 11.4. The van der Waals surface area contributed by atoms with Crippen LogP contribution in [0.2, 0.25) is 0 Å². The number of fused-ring (bicyclic) bond motifs is 10. The summed E-state index contributed by atoms with van der Waals surface area (Å²) in [6.45, 7) is 11.6. The van der Waals surface area contributed by atoms with Gasteiger partial charge in [0, 0.05) is 33.7 Å². The monoisotopic (exact) mass is 760 g/mol. The number of anilines is 5. The quantitative estimate of drug-likeness (QED) is 0.180. The predicted molar refractivity (Wildman–Crippen MR) is 252 cm³/mol. The lowest BCUT2D eigenvalue weighted by molar-refractivity contribution is 0.632. The van der Waals surface area contributed by atoms with E-state index in [1.165, 1.54) is 112 Å². The topological polar surface area (TPSA) is 15.3 Å². The lowest BCUT2D eigenvalue weighted by Gasteiger charge is -2.38. The molecule has 1 atom stereocenters. The maximum atomic E-state index is 4.14. The van der Waals surface area contributed by atoms with Crippen LogP contribution in [0.4, 0.5) is 28.4 Å². The number of benzene rings is 7. The maximum Gasteiger partial charge on any atom is 0.198 e. The Morgan fingerprint density at radius 2 is 1.34 bits per heavy atom. The Hall–Kier alpha value is -6.32. The molecule has 2 nitrogen and oxygen atoms in total. The van der Waals surface area contributed by atoms with Gasteiger partial charge in [0.05, 0.1) is 11.1 Å². The molecule has 0 saturated carbocycles. The fourth-order valence-electron chi connectivity index (χ4n) is 11.4. The van der Waals surface area contributed by atoms with Crippen molar-refractivity contribution in [1.82, 2.24) is 0 Å². The molecule has 0 fully saturated rings. The van der Waals surface area contributed by atoms with Crippen LogP contribution in [0.1, 0.15) is 76.8 Å². The Kier molecular flexibility index (Phi) is 8.11. The van der Waals surface area contributed by atoms with Crippen molar-refractivity contribution in [2.45, 2.75) is 64.7 Å². The van der Waals surface area contributed by atoms with Gasteiger partial charge in [-0.05, 0) is 143 Å². The minimum atomic E-state index is -0.312. The van der Waals surface area contributed by atoms with Crippen LogP contribution in [-0.4, -0.2) is 7.28 Å². The summed E-state index contributed by atoms with van der Waals surface area (Å²) in [4.78, 5) is 2.53. The predicted octanol–water partition coefficient (Wildman–Crippen LogP) is 12.5. The van der Waals surface area contributed by atoms with Crippen molar-refractivity contribution < 1.29 is 0 Å². The first-order valence-corrected chi connectivity index (χ1v) is 21.4. The van der Waals surface area contributed by atoms with Gasteiger partial charge in [-0.2, -0.15) is 0 Å². The van der Waals surface area contributed by atoms with E-state index in [0.29, 0.717) is 0 Å². The molecule has 7 aromatic carbocycles. The van der Waals surface area contributed by atoms with Crippen LogP contribution in [0.5, 0.6) is 0 Å². The molecule has 0 amide bonds. The molecule has 286 valence electrons. The van der Waals surface area contributed by atoms with E-state index >= 15 is 0 Å². The average Bonchev–Trinajstić information content (AvgIpc) is 3.43. The van der Waals surface area contributed by atoms with E-state index in [-0.39, 0.29) is 10.8 Å². The van der Waals surface area contributed by atoms with Crippen molar-refractivity contribution in [3.8, 4) is 11.1 Å².